The van der Waals surface area contributed by atoms with Crippen LogP contribution >= 0.6 is 0 Å². The van der Waals surface area contributed by atoms with E-state index in [2.05, 4.69) is 99.1 Å². The van der Waals surface area contributed by atoms with Crippen LogP contribution < -0.4 is 30.2 Å². The van der Waals surface area contributed by atoms with Gasteiger partial charge in [-0.2, -0.15) is 0 Å². The third-order valence-corrected chi connectivity index (χ3v) is 19.4. The lowest BCUT2D eigenvalue weighted by atomic mass is 10.0. The van der Waals surface area contributed by atoms with E-state index in [1.54, 1.807) is 37.2 Å². The maximum atomic E-state index is 14.7. The van der Waals surface area contributed by atoms with E-state index < -0.39 is 11.6 Å². The largest absolute Gasteiger partial charge is 0.493 e. The second kappa shape index (κ2) is 29.3. The molecular weight excluding hydrogens is 1340 g/mol. The van der Waals surface area contributed by atoms with Gasteiger partial charge in [0.1, 0.15) is 57.6 Å². The van der Waals surface area contributed by atoms with Gasteiger partial charge in [0.2, 0.25) is 23.5 Å². The molecule has 6 aromatic heterocycles. The number of hydrogen-bond acceptors (Lipinski definition) is 17. The van der Waals surface area contributed by atoms with Crippen LogP contribution in [0.4, 0.5) is 45.6 Å². The predicted molar refractivity (Wildman–Crippen MR) is 384 cm³/mol. The van der Waals surface area contributed by atoms with Gasteiger partial charge < -0.3 is 50.1 Å². The Morgan fingerprint density at radius 3 is 1.31 bits per heavy atom. The first-order chi connectivity index (χ1) is 50.4. The minimum absolute atomic E-state index is 0.0346. The molecule has 2 saturated heterocycles. The fourth-order valence-corrected chi connectivity index (χ4v) is 14.2. The number of anilines is 3. The summed E-state index contributed by atoms with van der Waals surface area (Å²) >= 11 is 0. The third-order valence-electron chi connectivity index (χ3n) is 19.4. The highest BCUT2D eigenvalue weighted by Crippen LogP contribution is 2.37. The molecule has 5 aliphatic heterocycles. The Morgan fingerprint density at radius 2 is 0.904 bits per heavy atom. The number of hydrogen-bond donors (Lipinski definition) is 5. The summed E-state index contributed by atoms with van der Waals surface area (Å²) in [5.74, 6) is 1.63. The molecule has 2 fully saturated rings. The molecule has 0 amide bonds. The lowest BCUT2D eigenvalue weighted by Gasteiger charge is -2.35. The molecule has 104 heavy (non-hydrogen) atoms. The van der Waals surface area contributed by atoms with Crippen molar-refractivity contribution in [2.45, 2.75) is 91.0 Å². The number of likely N-dealkylation sites (tertiary alicyclic amines) is 2. The molecule has 0 radical (unpaired) electrons. The Bertz CT molecular complexity index is 5240. The molecule has 12 aromatic rings. The highest BCUT2D eigenvalue weighted by molar-refractivity contribution is 5.81. The number of imidazole rings is 3. The molecule has 0 bridgehead atoms. The van der Waals surface area contributed by atoms with Crippen molar-refractivity contribution in [3.63, 3.8) is 0 Å². The van der Waals surface area contributed by atoms with Gasteiger partial charge in [0.25, 0.3) is 5.82 Å². The predicted octanol–water partition coefficient (Wildman–Crippen LogP) is 12.5. The van der Waals surface area contributed by atoms with Gasteiger partial charge in [-0.05, 0) is 111 Å². The van der Waals surface area contributed by atoms with Gasteiger partial charge in [-0.25, -0.2) is 46.9 Å². The van der Waals surface area contributed by atoms with Crippen LogP contribution in [-0.2, 0) is 58.5 Å². The van der Waals surface area contributed by atoms with Gasteiger partial charge in [0.05, 0.1) is 49.0 Å². The summed E-state index contributed by atoms with van der Waals surface area (Å²) in [5.41, 5.74) is 15.0. The van der Waals surface area contributed by atoms with E-state index in [1.165, 1.54) is 58.3 Å². The maximum Gasteiger partial charge on any atom is 0.288 e. The van der Waals surface area contributed by atoms with Crippen LogP contribution in [-0.4, -0.2) is 140 Å². The van der Waals surface area contributed by atoms with E-state index >= 15 is 0 Å². The fourth-order valence-electron chi connectivity index (χ4n) is 14.2. The Balaban J connectivity index is 0.000000126. The lowest BCUT2D eigenvalue weighted by molar-refractivity contribution is -0.00286. The molecule has 5 N–H and O–H groups in total. The minimum Gasteiger partial charge on any atom is -0.493 e. The zero-order chi connectivity index (χ0) is 71.9. The quantitative estimate of drug-likeness (QED) is 0.0400. The maximum absolute atomic E-state index is 14.7. The number of aryl methyl sites for hydroxylation is 2. The number of rotatable bonds is 18. The Labute approximate surface area is 596 Å². The number of nitrogens with zero attached hydrogens (tertiary/aromatic N) is 13. The number of ether oxygens (including phenoxy) is 3. The number of aliphatic hydroxyl groups excluding tert-OH is 2. The van der Waals surface area contributed by atoms with Gasteiger partial charge >= 0.3 is 0 Å². The standard InChI is InChI=1S/C27H28FN5O2.C26H26FN5O2.C25H21F3N6O/c1-17-14-33-26(31-17)22(19-4-2-18(3-5-19)15-32-10-8-20(34)16-32)12-29-27(33)30-13-23-21-9-11-35-25(21)7-6-24(23)28;1-16-12-32-25(30-16)21(18-4-2-17(3-5-18)13-31-14-19(33)15-31)10-28-26(32)29-11-22-20-8-9-34-24(20)7-6-23(22)27;1-29-23-13-34-24(32-23)16(14-8-20(27)18(12-33(2)3)21(28)9-14)10-30-25(34)31-11-17-15-6-7-35-22(15)5-4-19(17)26/h2-7,12,14,20,34H,8-11,13,15-16H2,1H3,(H,29,30);2-7,10,12,19,33H,8-9,11,13-15H2,1H3,(H,28,29);4-5,8-10,13H,6-7,11-12H2,2-3H3,(H,30,31). The Hall–Kier alpha value is -11.1. The molecule has 0 spiro atoms. The average molecular weight is 1410 g/mol. The Kier molecular flexibility index (Phi) is 19.4. The van der Waals surface area contributed by atoms with Crippen LogP contribution in [0.25, 0.3) is 55.2 Å². The number of aliphatic hydroxyl groups is 2. The normalized spacial score (nSPS) is 15.4. The SMILES string of the molecule is Cc1cn2c(NCc3c(F)ccc4c3CCO4)ncc(-c3ccc(CN4CC(O)C4)cc3)c2n1.Cc1cn2c(NCc3c(F)ccc4c3CCO4)ncc(-c3ccc(CN4CCC(O)C4)cc3)c2n1.[C-]#[N+]c1cn2c(NCc3c(F)ccc4c3CCO4)ncc(-c3cc(F)c(CN(C)C)c(F)c3)c2n1. The third kappa shape index (κ3) is 14.3. The summed E-state index contributed by atoms with van der Waals surface area (Å²) in [6.45, 7) is 18.6. The van der Waals surface area contributed by atoms with Crippen LogP contribution in [0.15, 0.2) is 134 Å². The highest BCUT2D eigenvalue weighted by atomic mass is 19.1. The lowest BCUT2D eigenvalue weighted by Crippen LogP contribution is -2.49. The number of β-amino-alcohol motifs (C(OH)–C–C–N with tert-alkyl or cyclic N) is 2. The summed E-state index contributed by atoms with van der Waals surface area (Å²) in [4.78, 5) is 37.1. The van der Waals surface area contributed by atoms with E-state index in [1.807, 2.05) is 47.4 Å². The van der Waals surface area contributed by atoms with Gasteiger partial charge in [-0.1, -0.05) is 60.1 Å². The van der Waals surface area contributed by atoms with Gasteiger partial charge in [-0.3, -0.25) is 23.0 Å². The number of fused-ring (bicyclic) bond motifs is 6. The molecule has 17 rings (SSSR count). The van der Waals surface area contributed by atoms with Gasteiger partial charge in [0.15, 0.2) is 0 Å². The monoisotopic (exact) mass is 1410 g/mol. The van der Waals surface area contributed by atoms with Crippen molar-refractivity contribution in [3.8, 4) is 50.6 Å². The zero-order valence-corrected chi connectivity index (χ0v) is 57.7. The fraction of sp³-hybridized carbons (Fsp3) is 0.295. The smallest absolute Gasteiger partial charge is 0.288 e. The first-order valence-electron chi connectivity index (χ1n) is 34.5. The summed E-state index contributed by atoms with van der Waals surface area (Å²) in [7, 11) is 3.45. The molecule has 532 valence electrons. The molecule has 11 heterocycles. The van der Waals surface area contributed by atoms with E-state index in [9.17, 15) is 32.2 Å². The molecular formula is C78H75F5N16O5. The van der Waals surface area contributed by atoms with Gasteiger partial charge in [0, 0.05) is 172 Å². The van der Waals surface area contributed by atoms with Crippen LogP contribution in [0.5, 0.6) is 17.2 Å². The summed E-state index contributed by atoms with van der Waals surface area (Å²) in [5, 5.41) is 29.0. The van der Waals surface area contributed by atoms with Crippen molar-refractivity contribution in [1.29, 1.82) is 0 Å². The molecule has 0 saturated carbocycles. The molecule has 0 aliphatic carbocycles. The first kappa shape index (κ1) is 68.7. The topological polar surface area (TPSA) is 209 Å². The molecule has 1 unspecified atom stereocenters. The molecule has 21 nitrogen and oxygen atoms in total. The van der Waals surface area contributed by atoms with Crippen molar-refractivity contribution >= 4 is 40.6 Å². The number of aromatic nitrogens is 9. The molecule has 1 atom stereocenters. The van der Waals surface area contributed by atoms with Gasteiger partial charge in [-0.15, -0.1) is 0 Å². The van der Waals surface area contributed by atoms with Crippen molar-refractivity contribution in [2.24, 2.45) is 0 Å². The van der Waals surface area contributed by atoms with Crippen molar-refractivity contribution < 1.29 is 46.4 Å². The van der Waals surface area contributed by atoms with E-state index in [4.69, 9.17) is 30.8 Å². The molecule has 26 heteroatoms. The second-order valence-electron chi connectivity index (χ2n) is 27.0. The highest BCUT2D eigenvalue weighted by Gasteiger charge is 2.28. The number of benzene rings is 6. The summed E-state index contributed by atoms with van der Waals surface area (Å²) < 4.78 is 95.3. The number of halogens is 5. The second-order valence-corrected chi connectivity index (χ2v) is 27.0. The molecule has 6 aromatic carbocycles. The molecule has 5 aliphatic rings. The minimum atomic E-state index is -0.679. The number of nitrogens with one attached hydrogen (secondary N) is 3. The summed E-state index contributed by atoms with van der Waals surface area (Å²) in [6.07, 6.45) is 12.9. The Morgan fingerprint density at radius 1 is 0.500 bits per heavy atom. The average Bonchev–Trinajstić information content (AvgIpc) is 1.55. The van der Waals surface area contributed by atoms with Crippen molar-refractivity contribution in [3.05, 3.63) is 236 Å². The van der Waals surface area contributed by atoms with Crippen LogP contribution in [0.3, 0.4) is 0 Å². The van der Waals surface area contributed by atoms with Crippen molar-refractivity contribution in [1.82, 2.24) is 57.8 Å². The van der Waals surface area contributed by atoms with Crippen molar-refractivity contribution in [2.75, 3.05) is 76.0 Å². The first-order valence-corrected chi connectivity index (χ1v) is 34.5. The van der Waals surface area contributed by atoms with E-state index in [-0.39, 0.29) is 59.7 Å². The summed E-state index contributed by atoms with van der Waals surface area (Å²) in [6, 6.07) is 28.6. The van der Waals surface area contributed by atoms with E-state index in [0.29, 0.717) is 104 Å². The van der Waals surface area contributed by atoms with Crippen LogP contribution in [0, 0.1) is 49.5 Å². The van der Waals surface area contributed by atoms with E-state index in [0.717, 1.165) is 119 Å². The zero-order valence-electron chi connectivity index (χ0n) is 57.7. The van der Waals surface area contributed by atoms with Crippen LogP contribution in [0.1, 0.15) is 67.9 Å². The van der Waals surface area contributed by atoms with Crippen LogP contribution in [0.2, 0.25) is 0 Å².